The van der Waals surface area contributed by atoms with Crippen molar-refractivity contribution in [1.82, 2.24) is 10.3 Å². The molecule has 1 rings (SSSR count). The van der Waals surface area contributed by atoms with Crippen molar-refractivity contribution in [1.29, 1.82) is 0 Å². The van der Waals surface area contributed by atoms with Gasteiger partial charge in [-0.05, 0) is 19.9 Å². The number of carbonyl (C=O) groups excluding carboxylic acids is 1. The second-order valence-corrected chi connectivity index (χ2v) is 4.27. The minimum absolute atomic E-state index is 0.124. The molecule has 1 aromatic rings. The molecule has 0 radical (unpaired) electrons. The molecule has 8 heteroatoms. The number of rotatable bonds is 5. The first-order valence-electron chi connectivity index (χ1n) is 6.00. The van der Waals surface area contributed by atoms with Crippen LogP contribution >= 0.6 is 0 Å². The lowest BCUT2D eigenvalue weighted by Crippen LogP contribution is -2.36. The first-order valence-corrected chi connectivity index (χ1v) is 6.00. The molecule has 0 aliphatic carbocycles. The van der Waals surface area contributed by atoms with Gasteiger partial charge in [0, 0.05) is 12.6 Å². The smallest absolute Gasteiger partial charge is 0.370 e. The fourth-order valence-corrected chi connectivity index (χ4v) is 1.62. The van der Waals surface area contributed by atoms with Crippen molar-refractivity contribution >= 4 is 11.7 Å². The van der Waals surface area contributed by atoms with Gasteiger partial charge in [-0.3, -0.25) is 4.79 Å². The summed E-state index contributed by atoms with van der Waals surface area (Å²) in [6.45, 7) is 3.42. The van der Waals surface area contributed by atoms with Crippen LogP contribution in [0.1, 0.15) is 30.6 Å². The van der Waals surface area contributed by atoms with Gasteiger partial charge in [0.25, 0.3) is 5.91 Å². The molecule has 1 unspecified atom stereocenters. The number of hydrogen-bond donors (Lipinski definition) is 2. The average molecular weight is 293 g/mol. The molecule has 0 aliphatic heterocycles. The van der Waals surface area contributed by atoms with E-state index in [1.165, 1.54) is 6.92 Å². The molecule has 0 spiro atoms. The van der Waals surface area contributed by atoms with Crippen LogP contribution in [-0.2, 0) is 0 Å². The van der Waals surface area contributed by atoms with Crippen LogP contribution in [0.5, 0.6) is 0 Å². The highest BCUT2D eigenvalue weighted by atomic mass is 19.4. The Morgan fingerprint density at radius 3 is 2.65 bits per heavy atom. The molecule has 112 valence electrons. The Labute approximate surface area is 113 Å². The van der Waals surface area contributed by atoms with Crippen molar-refractivity contribution in [3.8, 4) is 0 Å². The maximum absolute atomic E-state index is 13.1. The lowest BCUT2D eigenvalue weighted by molar-refractivity contribution is -0.138. The third-order valence-corrected chi connectivity index (χ3v) is 2.36. The van der Waals surface area contributed by atoms with Gasteiger partial charge in [-0.2, -0.15) is 13.2 Å². The van der Waals surface area contributed by atoms with Crippen molar-refractivity contribution in [2.24, 2.45) is 0 Å². The van der Waals surface area contributed by atoms with Crippen LogP contribution in [0.25, 0.3) is 0 Å². The van der Waals surface area contributed by atoms with E-state index in [4.69, 9.17) is 0 Å². The molecule has 1 atom stereocenters. The van der Waals surface area contributed by atoms with E-state index in [1.807, 2.05) is 0 Å². The number of anilines is 1. The lowest BCUT2D eigenvalue weighted by Gasteiger charge is -2.17. The number of alkyl halides is 3. The molecule has 0 aromatic carbocycles. The van der Waals surface area contributed by atoms with Crippen LogP contribution in [0.4, 0.5) is 23.4 Å². The third-order valence-electron chi connectivity index (χ3n) is 2.36. The number of halogens is 4. The standard InChI is InChI=1S/C12H15F4N3O/c1-3-17-10-9(4-8(13)6-18-10)11(20)19-7(2)5-12(14,15)16/h4,6-7H,3,5H2,1-2H3,(H,17,18)(H,19,20). The largest absolute Gasteiger partial charge is 0.391 e. The van der Waals surface area contributed by atoms with E-state index in [9.17, 15) is 22.4 Å². The fourth-order valence-electron chi connectivity index (χ4n) is 1.62. The SMILES string of the molecule is CCNc1ncc(F)cc1C(=O)NC(C)CC(F)(F)F. The van der Waals surface area contributed by atoms with E-state index in [1.54, 1.807) is 6.92 Å². The number of hydrogen-bond acceptors (Lipinski definition) is 3. The van der Waals surface area contributed by atoms with Gasteiger partial charge < -0.3 is 10.6 Å². The number of nitrogens with one attached hydrogen (secondary N) is 2. The Bertz CT molecular complexity index is 476. The molecule has 0 saturated carbocycles. The van der Waals surface area contributed by atoms with E-state index < -0.39 is 30.4 Å². The van der Waals surface area contributed by atoms with Crippen LogP contribution in [0.15, 0.2) is 12.3 Å². The van der Waals surface area contributed by atoms with Gasteiger partial charge >= 0.3 is 6.18 Å². The van der Waals surface area contributed by atoms with Gasteiger partial charge in [0.1, 0.15) is 11.6 Å². The summed E-state index contributed by atoms with van der Waals surface area (Å²) in [4.78, 5) is 15.6. The summed E-state index contributed by atoms with van der Waals surface area (Å²) in [5.41, 5.74) is -0.124. The molecule has 20 heavy (non-hydrogen) atoms. The average Bonchev–Trinajstić information content (AvgIpc) is 2.29. The molecule has 2 N–H and O–H groups in total. The minimum Gasteiger partial charge on any atom is -0.370 e. The van der Waals surface area contributed by atoms with E-state index in [0.717, 1.165) is 12.3 Å². The predicted octanol–water partition coefficient (Wildman–Crippen LogP) is 2.72. The molecule has 0 saturated heterocycles. The van der Waals surface area contributed by atoms with Gasteiger partial charge in [0.15, 0.2) is 0 Å². The van der Waals surface area contributed by atoms with Crippen LogP contribution < -0.4 is 10.6 Å². The molecular weight excluding hydrogens is 278 g/mol. The zero-order chi connectivity index (χ0) is 15.3. The Kier molecular flexibility index (Phi) is 5.29. The highest BCUT2D eigenvalue weighted by Crippen LogP contribution is 2.22. The molecule has 0 fully saturated rings. The first kappa shape index (κ1) is 16.2. The summed E-state index contributed by atoms with van der Waals surface area (Å²) in [7, 11) is 0. The van der Waals surface area contributed by atoms with E-state index in [2.05, 4.69) is 15.6 Å². The zero-order valence-electron chi connectivity index (χ0n) is 11.0. The second kappa shape index (κ2) is 6.53. The monoisotopic (exact) mass is 293 g/mol. The fraction of sp³-hybridized carbons (Fsp3) is 0.500. The number of carbonyl (C=O) groups is 1. The summed E-state index contributed by atoms with van der Waals surface area (Å²) in [6.07, 6.45) is -4.61. The molecule has 1 amide bonds. The van der Waals surface area contributed by atoms with Crippen LogP contribution in [0, 0.1) is 5.82 Å². The lowest BCUT2D eigenvalue weighted by atomic mass is 10.2. The van der Waals surface area contributed by atoms with E-state index in [-0.39, 0.29) is 11.4 Å². The highest BCUT2D eigenvalue weighted by molar-refractivity contribution is 5.98. The Hall–Kier alpha value is -1.86. The van der Waals surface area contributed by atoms with Crippen LogP contribution in [0.2, 0.25) is 0 Å². The van der Waals surface area contributed by atoms with Crippen LogP contribution in [-0.4, -0.2) is 29.7 Å². The maximum Gasteiger partial charge on any atom is 0.391 e. The van der Waals surface area contributed by atoms with Crippen molar-refractivity contribution < 1.29 is 22.4 Å². The summed E-state index contributed by atoms with van der Waals surface area (Å²) in [6, 6.07) is -0.180. The highest BCUT2D eigenvalue weighted by Gasteiger charge is 2.31. The normalized spacial score (nSPS) is 12.9. The summed E-state index contributed by atoms with van der Waals surface area (Å²) >= 11 is 0. The predicted molar refractivity (Wildman–Crippen MR) is 66.0 cm³/mol. The van der Waals surface area contributed by atoms with Crippen molar-refractivity contribution in [2.75, 3.05) is 11.9 Å². The Balaban J connectivity index is 2.83. The molecule has 0 aliphatic rings. The maximum atomic E-state index is 13.1. The second-order valence-electron chi connectivity index (χ2n) is 4.27. The van der Waals surface area contributed by atoms with Gasteiger partial charge in [-0.25, -0.2) is 9.37 Å². The molecule has 1 aromatic heterocycles. The van der Waals surface area contributed by atoms with Crippen LogP contribution in [0.3, 0.4) is 0 Å². The molecular formula is C12H15F4N3O. The number of nitrogens with zero attached hydrogens (tertiary/aromatic N) is 1. The number of amides is 1. The van der Waals surface area contributed by atoms with Crippen molar-refractivity contribution in [3.63, 3.8) is 0 Å². The molecule has 4 nitrogen and oxygen atoms in total. The van der Waals surface area contributed by atoms with Gasteiger partial charge in [-0.1, -0.05) is 0 Å². The minimum atomic E-state index is -4.38. The van der Waals surface area contributed by atoms with E-state index >= 15 is 0 Å². The van der Waals surface area contributed by atoms with Crippen molar-refractivity contribution in [3.05, 3.63) is 23.6 Å². The summed E-state index contributed by atoms with van der Waals surface area (Å²) < 4.78 is 49.7. The van der Waals surface area contributed by atoms with Gasteiger partial charge in [-0.15, -0.1) is 0 Å². The Morgan fingerprint density at radius 1 is 1.45 bits per heavy atom. The van der Waals surface area contributed by atoms with Gasteiger partial charge in [0.05, 0.1) is 18.2 Å². The van der Waals surface area contributed by atoms with Crippen molar-refractivity contribution in [2.45, 2.75) is 32.5 Å². The number of aromatic nitrogens is 1. The first-order chi connectivity index (χ1) is 9.23. The molecule has 0 bridgehead atoms. The summed E-state index contributed by atoms with van der Waals surface area (Å²) in [5, 5.41) is 4.92. The molecule has 1 heterocycles. The Morgan fingerprint density at radius 2 is 2.10 bits per heavy atom. The summed E-state index contributed by atoms with van der Waals surface area (Å²) in [5.74, 6) is -1.41. The van der Waals surface area contributed by atoms with E-state index in [0.29, 0.717) is 6.54 Å². The topological polar surface area (TPSA) is 54.0 Å². The quantitative estimate of drug-likeness (QED) is 0.821. The third kappa shape index (κ3) is 5.02. The zero-order valence-corrected chi connectivity index (χ0v) is 11.0. The number of pyridine rings is 1. The van der Waals surface area contributed by atoms with Gasteiger partial charge in [0.2, 0.25) is 0 Å².